The molecule has 0 saturated carbocycles. The fourth-order valence-corrected chi connectivity index (χ4v) is 4.04. The summed E-state index contributed by atoms with van der Waals surface area (Å²) in [6, 6.07) is 9.02. The zero-order chi connectivity index (χ0) is 22.0. The van der Waals surface area contributed by atoms with Crippen LogP contribution in [0.5, 0.6) is 5.75 Å². The molecular formula is C22H20ClN5O2S. The molecule has 0 saturated heterocycles. The van der Waals surface area contributed by atoms with Gasteiger partial charge in [0.2, 0.25) is 5.95 Å². The summed E-state index contributed by atoms with van der Waals surface area (Å²) in [5.41, 5.74) is 2.71. The molecule has 9 heteroatoms. The van der Waals surface area contributed by atoms with E-state index in [2.05, 4.69) is 25.6 Å². The molecule has 0 bridgehead atoms. The summed E-state index contributed by atoms with van der Waals surface area (Å²) in [5, 5.41) is 9.92. The Balaban J connectivity index is 1.64. The van der Waals surface area contributed by atoms with Gasteiger partial charge in [0.25, 0.3) is 5.91 Å². The third kappa shape index (κ3) is 4.45. The number of thiazole rings is 1. The number of benzene rings is 2. The number of aromatic nitrogens is 3. The van der Waals surface area contributed by atoms with E-state index in [-0.39, 0.29) is 11.9 Å². The van der Waals surface area contributed by atoms with E-state index in [0.717, 1.165) is 16.3 Å². The molecule has 0 radical (unpaired) electrons. The summed E-state index contributed by atoms with van der Waals surface area (Å²) in [6.07, 6.45) is 3.39. The van der Waals surface area contributed by atoms with E-state index < -0.39 is 0 Å². The number of fused-ring (bicyclic) bond motifs is 1. The number of carbonyl (C=O) groups is 1. The number of rotatable bonds is 6. The highest BCUT2D eigenvalue weighted by atomic mass is 35.5. The van der Waals surface area contributed by atoms with Crippen molar-refractivity contribution >= 4 is 51.4 Å². The van der Waals surface area contributed by atoms with E-state index in [1.54, 1.807) is 43.8 Å². The molecule has 4 aromatic rings. The van der Waals surface area contributed by atoms with Crippen molar-refractivity contribution in [2.45, 2.75) is 19.9 Å². The molecular weight excluding hydrogens is 434 g/mol. The molecule has 0 unspecified atom stereocenters. The van der Waals surface area contributed by atoms with Gasteiger partial charge in [0.05, 0.1) is 12.1 Å². The summed E-state index contributed by atoms with van der Waals surface area (Å²) in [7, 11) is 1.59. The highest BCUT2D eigenvalue weighted by molar-refractivity contribution is 7.13. The number of hydrogen-bond acceptors (Lipinski definition) is 7. The number of carbonyl (C=O) groups excluding carboxylic acids is 1. The molecule has 0 spiro atoms. The molecule has 0 aliphatic rings. The maximum absolute atomic E-state index is 12.1. The fraction of sp³-hybridized carbons (Fsp3) is 0.182. The Labute approximate surface area is 188 Å². The first-order chi connectivity index (χ1) is 15.0. The Kier molecular flexibility index (Phi) is 6.01. The van der Waals surface area contributed by atoms with Crippen LogP contribution in [0.3, 0.4) is 0 Å². The molecule has 2 heterocycles. The second kappa shape index (κ2) is 8.87. The maximum Gasteiger partial charge on any atom is 0.251 e. The van der Waals surface area contributed by atoms with Gasteiger partial charge in [0.15, 0.2) is 0 Å². The molecule has 2 aromatic heterocycles. The lowest BCUT2D eigenvalue weighted by Crippen LogP contribution is -2.29. The predicted molar refractivity (Wildman–Crippen MR) is 125 cm³/mol. The molecule has 1 amide bonds. The minimum Gasteiger partial charge on any atom is -0.494 e. The highest BCUT2D eigenvalue weighted by Crippen LogP contribution is 2.39. The van der Waals surface area contributed by atoms with E-state index >= 15 is 0 Å². The van der Waals surface area contributed by atoms with Crippen molar-refractivity contribution in [2.24, 2.45) is 0 Å². The van der Waals surface area contributed by atoms with Crippen molar-refractivity contribution in [1.29, 1.82) is 0 Å². The average molecular weight is 454 g/mol. The van der Waals surface area contributed by atoms with Crippen LogP contribution < -0.4 is 15.4 Å². The minimum absolute atomic E-state index is 0.0780. The SMILES string of the molecule is COc1cc(-c2nccs2)c(Cl)c2cnc(Nc3ccc(C(=O)NC(C)C)cc3)nc12. The molecule has 0 fully saturated rings. The van der Waals surface area contributed by atoms with Crippen LogP contribution >= 0.6 is 22.9 Å². The van der Waals surface area contributed by atoms with E-state index in [0.29, 0.717) is 33.2 Å². The second-order valence-electron chi connectivity index (χ2n) is 7.06. The fourth-order valence-electron chi connectivity index (χ4n) is 3.05. The van der Waals surface area contributed by atoms with Crippen LogP contribution in [0.15, 0.2) is 48.1 Å². The van der Waals surface area contributed by atoms with Crippen molar-refractivity contribution in [1.82, 2.24) is 20.3 Å². The van der Waals surface area contributed by atoms with Gasteiger partial charge in [-0.25, -0.2) is 15.0 Å². The number of nitrogens with one attached hydrogen (secondary N) is 2. The van der Waals surface area contributed by atoms with Gasteiger partial charge in [0.1, 0.15) is 16.3 Å². The predicted octanol–water partition coefficient (Wildman–Crippen LogP) is 5.30. The van der Waals surface area contributed by atoms with Gasteiger partial charge in [0, 0.05) is 46.0 Å². The van der Waals surface area contributed by atoms with Crippen LogP contribution in [-0.2, 0) is 0 Å². The number of nitrogens with zero attached hydrogens (tertiary/aromatic N) is 3. The molecule has 4 rings (SSSR count). The average Bonchev–Trinajstić information content (AvgIpc) is 3.29. The maximum atomic E-state index is 12.1. The smallest absolute Gasteiger partial charge is 0.251 e. The number of hydrogen-bond donors (Lipinski definition) is 2. The molecule has 7 nitrogen and oxygen atoms in total. The Bertz CT molecular complexity index is 1230. The monoisotopic (exact) mass is 453 g/mol. The van der Waals surface area contributed by atoms with Gasteiger partial charge in [-0.3, -0.25) is 4.79 Å². The zero-order valence-corrected chi connectivity index (χ0v) is 18.7. The quantitative estimate of drug-likeness (QED) is 0.412. The van der Waals surface area contributed by atoms with Crippen molar-refractivity contribution in [3.05, 3.63) is 58.7 Å². The van der Waals surface area contributed by atoms with Crippen molar-refractivity contribution in [3.8, 4) is 16.3 Å². The number of ether oxygens (including phenoxy) is 1. The largest absolute Gasteiger partial charge is 0.494 e. The number of amides is 1. The van der Waals surface area contributed by atoms with Crippen LogP contribution in [0.25, 0.3) is 21.5 Å². The third-order valence-corrected chi connectivity index (χ3v) is 5.69. The van der Waals surface area contributed by atoms with Crippen molar-refractivity contribution in [2.75, 3.05) is 12.4 Å². The number of anilines is 2. The zero-order valence-electron chi connectivity index (χ0n) is 17.1. The highest BCUT2D eigenvalue weighted by Gasteiger charge is 2.17. The molecule has 2 aromatic carbocycles. The Morgan fingerprint density at radius 3 is 2.61 bits per heavy atom. The van der Waals surface area contributed by atoms with Gasteiger partial charge in [-0.2, -0.15) is 0 Å². The van der Waals surface area contributed by atoms with Crippen LogP contribution in [0.2, 0.25) is 5.02 Å². The van der Waals surface area contributed by atoms with Crippen LogP contribution in [0.1, 0.15) is 24.2 Å². The van der Waals surface area contributed by atoms with Gasteiger partial charge in [-0.1, -0.05) is 11.6 Å². The molecule has 2 N–H and O–H groups in total. The summed E-state index contributed by atoms with van der Waals surface area (Å²) in [4.78, 5) is 25.4. The van der Waals surface area contributed by atoms with E-state index in [4.69, 9.17) is 16.3 Å². The molecule has 31 heavy (non-hydrogen) atoms. The number of halogens is 1. The van der Waals surface area contributed by atoms with E-state index in [1.807, 2.05) is 25.3 Å². The number of methoxy groups -OCH3 is 1. The Morgan fingerprint density at radius 1 is 1.19 bits per heavy atom. The minimum atomic E-state index is -0.112. The molecule has 158 valence electrons. The summed E-state index contributed by atoms with van der Waals surface area (Å²) < 4.78 is 5.56. The van der Waals surface area contributed by atoms with Gasteiger partial charge >= 0.3 is 0 Å². The summed E-state index contributed by atoms with van der Waals surface area (Å²) in [6.45, 7) is 3.84. The summed E-state index contributed by atoms with van der Waals surface area (Å²) in [5.74, 6) is 0.859. The molecule has 0 aliphatic carbocycles. The van der Waals surface area contributed by atoms with Gasteiger partial charge in [-0.15, -0.1) is 11.3 Å². The van der Waals surface area contributed by atoms with Crippen LogP contribution in [0.4, 0.5) is 11.6 Å². The first-order valence-corrected chi connectivity index (χ1v) is 10.8. The molecule has 0 aliphatic heterocycles. The second-order valence-corrected chi connectivity index (χ2v) is 8.34. The van der Waals surface area contributed by atoms with E-state index in [1.165, 1.54) is 11.3 Å². The lowest BCUT2D eigenvalue weighted by Gasteiger charge is -2.12. The summed E-state index contributed by atoms with van der Waals surface area (Å²) >= 11 is 8.13. The van der Waals surface area contributed by atoms with Gasteiger partial charge < -0.3 is 15.4 Å². The molecule has 0 atom stereocenters. The third-order valence-electron chi connectivity index (χ3n) is 4.48. The Morgan fingerprint density at radius 2 is 1.97 bits per heavy atom. The van der Waals surface area contributed by atoms with Crippen molar-refractivity contribution in [3.63, 3.8) is 0 Å². The van der Waals surface area contributed by atoms with Gasteiger partial charge in [-0.05, 0) is 44.2 Å². The first-order valence-electron chi connectivity index (χ1n) is 9.57. The van der Waals surface area contributed by atoms with Crippen LogP contribution in [0, 0.1) is 0 Å². The first kappa shape index (κ1) is 21.0. The topological polar surface area (TPSA) is 89.0 Å². The normalized spacial score (nSPS) is 11.0. The standard InChI is InChI=1S/C22H20ClN5O2S/c1-12(2)26-20(29)13-4-6-14(7-5-13)27-22-25-11-16-18(23)15(21-24-8-9-31-21)10-17(30-3)19(16)28-22/h4-12H,1-3H3,(H,26,29)(H,25,27,28). The lowest BCUT2D eigenvalue weighted by molar-refractivity contribution is 0.0943. The lowest BCUT2D eigenvalue weighted by atomic mass is 10.1. The van der Waals surface area contributed by atoms with Crippen LogP contribution in [-0.4, -0.2) is 34.0 Å². The van der Waals surface area contributed by atoms with Crippen molar-refractivity contribution < 1.29 is 9.53 Å². The Hall–Kier alpha value is -3.23. The van der Waals surface area contributed by atoms with E-state index in [9.17, 15) is 4.79 Å².